The molecule has 0 spiro atoms. The summed E-state index contributed by atoms with van der Waals surface area (Å²) in [5, 5.41) is 84.1. The zero-order valence-electron chi connectivity index (χ0n) is 16.1. The first-order valence-electron chi connectivity index (χ1n) is 8.10. The molecular formula is C14H29KO12. The van der Waals surface area contributed by atoms with E-state index in [0.717, 1.165) is 0 Å². The largest absolute Gasteiger partial charge is 1.00 e. The van der Waals surface area contributed by atoms with E-state index in [1.807, 2.05) is 0 Å². The minimum atomic E-state index is -1.74. The van der Waals surface area contributed by atoms with Gasteiger partial charge in [0.1, 0.15) is 48.8 Å². The van der Waals surface area contributed by atoms with E-state index in [1.165, 1.54) is 0 Å². The first kappa shape index (κ1) is 28.2. The SMILES string of the molecule is CCO.OC[C@H]1O[C@@H](O[C@H]2[C@H](O)[C@@H](O)[C@H](O)O[C@@H]2CO)[C@H](O)[C@@H](O)[C@H]1O.[H-].[K+]. The fraction of sp³-hybridized carbons (Fsp3) is 1.00. The van der Waals surface area contributed by atoms with E-state index in [9.17, 15) is 35.7 Å². The van der Waals surface area contributed by atoms with Crippen LogP contribution in [-0.2, 0) is 14.2 Å². The maximum absolute atomic E-state index is 9.94. The van der Waals surface area contributed by atoms with Gasteiger partial charge in [-0.15, -0.1) is 0 Å². The van der Waals surface area contributed by atoms with Crippen LogP contribution in [0.1, 0.15) is 8.35 Å². The van der Waals surface area contributed by atoms with Gasteiger partial charge in [0.15, 0.2) is 12.6 Å². The van der Waals surface area contributed by atoms with Crippen LogP contribution in [0, 0.1) is 0 Å². The van der Waals surface area contributed by atoms with Crippen LogP contribution in [-0.4, -0.2) is 127 Å². The molecule has 0 amide bonds. The number of aliphatic hydroxyl groups excluding tert-OH is 9. The maximum Gasteiger partial charge on any atom is 1.00 e. The molecule has 0 unspecified atom stereocenters. The van der Waals surface area contributed by atoms with E-state index >= 15 is 0 Å². The van der Waals surface area contributed by atoms with Crippen LogP contribution in [0.25, 0.3) is 0 Å². The molecule has 0 radical (unpaired) electrons. The Kier molecular flexibility index (Phi) is 14.0. The van der Waals surface area contributed by atoms with Crippen molar-refractivity contribution in [2.45, 2.75) is 68.3 Å². The number of aliphatic hydroxyl groups is 9. The Morgan fingerprint density at radius 1 is 0.741 bits per heavy atom. The van der Waals surface area contributed by atoms with Crippen molar-refractivity contribution in [3.05, 3.63) is 0 Å². The second kappa shape index (κ2) is 13.5. The predicted octanol–water partition coefficient (Wildman–Crippen LogP) is -8.28. The Bertz CT molecular complexity index is 407. The summed E-state index contributed by atoms with van der Waals surface area (Å²) < 4.78 is 15.3. The van der Waals surface area contributed by atoms with Crippen molar-refractivity contribution in [3.63, 3.8) is 0 Å². The van der Waals surface area contributed by atoms with Crippen LogP contribution in [0.15, 0.2) is 0 Å². The van der Waals surface area contributed by atoms with Gasteiger partial charge in [-0.25, -0.2) is 0 Å². The molecule has 12 nitrogen and oxygen atoms in total. The predicted molar refractivity (Wildman–Crippen MR) is 82.5 cm³/mol. The van der Waals surface area contributed by atoms with Gasteiger partial charge in [0.05, 0.1) is 13.2 Å². The van der Waals surface area contributed by atoms with Gasteiger partial charge < -0.3 is 61.6 Å². The van der Waals surface area contributed by atoms with Gasteiger partial charge >= 0.3 is 51.4 Å². The van der Waals surface area contributed by atoms with Gasteiger partial charge in [0.25, 0.3) is 0 Å². The summed E-state index contributed by atoms with van der Waals surface area (Å²) >= 11 is 0. The molecule has 13 heteroatoms. The van der Waals surface area contributed by atoms with E-state index < -0.39 is 74.6 Å². The number of ether oxygens (including phenoxy) is 3. The molecule has 27 heavy (non-hydrogen) atoms. The molecule has 0 saturated carbocycles. The standard InChI is InChI=1S/C12H22O11.C2H6O.K.H/c13-1-3-5(15)6(16)9(19)12(22-3)23-10-4(2-14)21-11(20)8(18)7(10)17;1-2-3;;/h3-20H,1-2H2;3H,2H2,1H3;;/q;;+1;-1/t3-,4-,5+,6+,7-,8-,9-,10-,11-,12+;;;/m1.../s1. The summed E-state index contributed by atoms with van der Waals surface area (Å²) in [6.45, 7) is 0.586. The monoisotopic (exact) mass is 428 g/mol. The van der Waals surface area contributed by atoms with E-state index in [4.69, 9.17) is 24.4 Å². The quantitative estimate of drug-likeness (QED) is 0.191. The Morgan fingerprint density at radius 2 is 1.26 bits per heavy atom. The molecule has 9 N–H and O–H groups in total. The minimum Gasteiger partial charge on any atom is -1.00 e. The number of rotatable bonds is 4. The van der Waals surface area contributed by atoms with E-state index in [1.54, 1.807) is 6.92 Å². The second-order valence-electron chi connectivity index (χ2n) is 5.84. The van der Waals surface area contributed by atoms with Crippen LogP contribution in [0.5, 0.6) is 0 Å². The average Bonchev–Trinajstić information content (AvgIpc) is 2.62. The molecule has 2 aliphatic rings. The van der Waals surface area contributed by atoms with Crippen LogP contribution in [0.3, 0.4) is 0 Å². The molecule has 0 aliphatic carbocycles. The molecule has 0 aromatic rings. The van der Waals surface area contributed by atoms with Crippen molar-refractivity contribution in [2.75, 3.05) is 19.8 Å². The van der Waals surface area contributed by atoms with E-state index in [-0.39, 0.29) is 59.4 Å². The average molecular weight is 428 g/mol. The number of hydrogen-bond acceptors (Lipinski definition) is 12. The Morgan fingerprint density at radius 3 is 1.74 bits per heavy atom. The van der Waals surface area contributed by atoms with Gasteiger partial charge in [-0.1, -0.05) is 0 Å². The molecular weight excluding hydrogens is 399 g/mol. The van der Waals surface area contributed by atoms with Gasteiger partial charge in [0, 0.05) is 6.61 Å². The molecule has 2 fully saturated rings. The van der Waals surface area contributed by atoms with E-state index in [2.05, 4.69) is 0 Å². The van der Waals surface area contributed by atoms with Crippen molar-refractivity contribution in [2.24, 2.45) is 0 Å². The Balaban J connectivity index is 0. The molecule has 10 atom stereocenters. The van der Waals surface area contributed by atoms with Gasteiger partial charge in [-0.3, -0.25) is 0 Å². The molecule has 2 saturated heterocycles. The third kappa shape index (κ3) is 7.11. The first-order chi connectivity index (χ1) is 12.2. The first-order valence-corrected chi connectivity index (χ1v) is 8.10. The summed E-state index contributed by atoms with van der Waals surface area (Å²) in [5.74, 6) is 0. The van der Waals surface area contributed by atoms with Crippen LogP contribution >= 0.6 is 0 Å². The number of hydrogen-bond donors (Lipinski definition) is 9. The third-order valence-electron chi connectivity index (χ3n) is 3.98. The summed E-state index contributed by atoms with van der Waals surface area (Å²) in [7, 11) is 0. The van der Waals surface area contributed by atoms with Crippen molar-refractivity contribution < 1.29 is 113 Å². The molecule has 0 aromatic carbocycles. The summed E-state index contributed by atoms with van der Waals surface area (Å²) in [6, 6.07) is 0. The zero-order valence-corrected chi connectivity index (χ0v) is 18.3. The minimum absolute atomic E-state index is 0. The van der Waals surface area contributed by atoms with Crippen molar-refractivity contribution in [3.8, 4) is 0 Å². The normalized spacial score (nSPS) is 44.7. The fourth-order valence-electron chi connectivity index (χ4n) is 2.57. The van der Waals surface area contributed by atoms with E-state index in [0.29, 0.717) is 0 Å². The van der Waals surface area contributed by atoms with Crippen LogP contribution in [0.4, 0.5) is 0 Å². The van der Waals surface area contributed by atoms with Crippen molar-refractivity contribution in [1.82, 2.24) is 0 Å². The van der Waals surface area contributed by atoms with Crippen LogP contribution < -0.4 is 51.4 Å². The smallest absolute Gasteiger partial charge is 1.00 e. The molecule has 0 bridgehead atoms. The van der Waals surface area contributed by atoms with Crippen LogP contribution in [0.2, 0.25) is 0 Å². The fourth-order valence-corrected chi connectivity index (χ4v) is 2.57. The summed E-state index contributed by atoms with van der Waals surface area (Å²) in [5.41, 5.74) is 0. The topological polar surface area (TPSA) is 210 Å². The van der Waals surface area contributed by atoms with Crippen molar-refractivity contribution >= 4 is 0 Å². The van der Waals surface area contributed by atoms with Gasteiger partial charge in [-0.2, -0.15) is 0 Å². The third-order valence-corrected chi connectivity index (χ3v) is 3.98. The summed E-state index contributed by atoms with van der Waals surface area (Å²) in [4.78, 5) is 0. The molecule has 2 aliphatic heterocycles. The molecule has 0 aromatic heterocycles. The second-order valence-corrected chi connectivity index (χ2v) is 5.84. The van der Waals surface area contributed by atoms with Gasteiger partial charge in [0.2, 0.25) is 0 Å². The molecule has 2 heterocycles. The molecule has 158 valence electrons. The van der Waals surface area contributed by atoms with Crippen molar-refractivity contribution in [1.29, 1.82) is 0 Å². The Labute approximate surface area is 199 Å². The Hall–Kier alpha value is 1.16. The molecule has 2 rings (SSSR count). The van der Waals surface area contributed by atoms with Gasteiger partial charge in [-0.05, 0) is 6.92 Å². The maximum atomic E-state index is 9.94. The summed E-state index contributed by atoms with van der Waals surface area (Å²) in [6.07, 6.45) is -15.6. The zero-order chi connectivity index (χ0) is 20.0.